The minimum absolute atomic E-state index is 0.00309. The van der Waals surface area contributed by atoms with Crippen molar-refractivity contribution in [2.45, 2.75) is 19.6 Å². The summed E-state index contributed by atoms with van der Waals surface area (Å²) in [6.45, 7) is 6.16. The van der Waals surface area contributed by atoms with Gasteiger partial charge in [0.25, 0.3) is 0 Å². The molecule has 114 valence electrons. The van der Waals surface area contributed by atoms with Crippen molar-refractivity contribution in [3.05, 3.63) is 41.0 Å². The molecule has 0 aliphatic rings. The van der Waals surface area contributed by atoms with E-state index in [2.05, 4.69) is 24.1 Å². The molecule has 0 fully saturated rings. The normalized spacial score (nSPS) is 10.7. The Kier molecular flexibility index (Phi) is 5.39. The number of hydrogen-bond acceptors (Lipinski definition) is 4. The summed E-state index contributed by atoms with van der Waals surface area (Å²) >= 11 is 5.29. The average molecular weight is 331 g/mol. The van der Waals surface area contributed by atoms with E-state index in [1.165, 1.54) is 24.7 Å². The van der Waals surface area contributed by atoms with Crippen LogP contribution in [0.2, 0.25) is 24.9 Å². The second-order valence-corrected chi connectivity index (χ2v) is 10.4. The number of furan rings is 2. The van der Waals surface area contributed by atoms with Crippen LogP contribution >= 0.6 is 11.6 Å². The van der Waals surface area contributed by atoms with Crippen LogP contribution in [0.5, 0.6) is 0 Å². The minimum Gasteiger partial charge on any atom is -0.478 e. The molecule has 2 heterocycles. The Labute approximate surface area is 127 Å². The predicted molar refractivity (Wildman–Crippen MR) is 79.3 cm³/mol. The van der Waals surface area contributed by atoms with Gasteiger partial charge >= 0.3 is 11.9 Å². The third-order valence-corrected chi connectivity index (χ3v) is 4.47. The lowest BCUT2D eigenvalue weighted by Crippen LogP contribution is -2.39. The van der Waals surface area contributed by atoms with E-state index in [1.54, 1.807) is 0 Å². The summed E-state index contributed by atoms with van der Waals surface area (Å²) in [6.07, 6.45) is 2.67. The second-order valence-electron chi connectivity index (χ2n) is 5.13. The Morgan fingerprint density at radius 2 is 1.48 bits per heavy atom. The van der Waals surface area contributed by atoms with Gasteiger partial charge in [-0.15, -0.1) is 0 Å². The van der Waals surface area contributed by atoms with Gasteiger partial charge in [0.2, 0.25) is 5.22 Å². The SMILES string of the molecule is C[Si](C)(C)c1occc1C(=O)O.O=C(O)c1ccoc1Cl. The molecule has 0 spiro atoms. The van der Waals surface area contributed by atoms with E-state index in [1.807, 2.05) is 0 Å². The molecule has 0 bridgehead atoms. The Balaban J connectivity index is 0.000000219. The highest BCUT2D eigenvalue weighted by Gasteiger charge is 2.26. The van der Waals surface area contributed by atoms with Gasteiger partial charge in [0.1, 0.15) is 13.6 Å². The Morgan fingerprint density at radius 3 is 1.76 bits per heavy atom. The van der Waals surface area contributed by atoms with Gasteiger partial charge < -0.3 is 19.0 Å². The van der Waals surface area contributed by atoms with Crippen LogP contribution in [0.3, 0.4) is 0 Å². The molecule has 2 rings (SSSR count). The summed E-state index contributed by atoms with van der Waals surface area (Å²) in [7, 11) is -1.64. The van der Waals surface area contributed by atoms with E-state index < -0.39 is 20.0 Å². The van der Waals surface area contributed by atoms with Crippen molar-refractivity contribution in [1.29, 1.82) is 0 Å². The standard InChI is InChI=1S/C8H12O3Si.C5H3ClO3/c1-12(2,3)8-6(7(9)10)4-5-11-8;6-4-3(5(7)8)1-2-9-4/h4-5H,1-3H3,(H,9,10);1-2H,(H,7,8). The molecule has 2 aromatic heterocycles. The van der Waals surface area contributed by atoms with Gasteiger partial charge in [-0.3, -0.25) is 0 Å². The smallest absolute Gasteiger partial charge is 0.340 e. The van der Waals surface area contributed by atoms with E-state index in [4.69, 9.17) is 26.2 Å². The lowest BCUT2D eigenvalue weighted by molar-refractivity contribution is 0.0686. The van der Waals surface area contributed by atoms with Crippen molar-refractivity contribution >= 4 is 37.0 Å². The molecule has 6 nitrogen and oxygen atoms in total. The van der Waals surface area contributed by atoms with Crippen LogP contribution in [0.25, 0.3) is 0 Å². The highest BCUT2D eigenvalue weighted by atomic mass is 35.5. The Morgan fingerprint density at radius 1 is 1.00 bits per heavy atom. The molecule has 0 saturated carbocycles. The van der Waals surface area contributed by atoms with Crippen LogP contribution < -0.4 is 5.38 Å². The zero-order valence-corrected chi connectivity index (χ0v) is 13.5. The van der Waals surface area contributed by atoms with Gasteiger partial charge in [-0.05, 0) is 23.7 Å². The van der Waals surface area contributed by atoms with E-state index in [0.29, 0.717) is 10.9 Å². The van der Waals surface area contributed by atoms with Crippen LogP contribution in [0, 0.1) is 0 Å². The highest BCUT2D eigenvalue weighted by Crippen LogP contribution is 2.15. The van der Waals surface area contributed by atoms with Gasteiger partial charge in [0, 0.05) is 0 Å². The van der Waals surface area contributed by atoms with Crippen LogP contribution in [0.1, 0.15) is 20.7 Å². The molecule has 0 aliphatic heterocycles. The zero-order valence-electron chi connectivity index (χ0n) is 11.7. The molecular formula is C13H15ClO6Si. The summed E-state index contributed by atoms with van der Waals surface area (Å²) in [4.78, 5) is 20.8. The van der Waals surface area contributed by atoms with Crippen LogP contribution in [0.15, 0.2) is 33.5 Å². The topological polar surface area (TPSA) is 101 Å². The summed E-state index contributed by atoms with van der Waals surface area (Å²) in [6, 6.07) is 2.81. The fourth-order valence-corrected chi connectivity index (χ4v) is 3.12. The lowest BCUT2D eigenvalue weighted by Gasteiger charge is -2.12. The molecule has 0 atom stereocenters. The van der Waals surface area contributed by atoms with Gasteiger partial charge in [-0.25, -0.2) is 9.59 Å². The third-order valence-electron chi connectivity index (χ3n) is 2.43. The first-order valence-corrected chi connectivity index (χ1v) is 9.80. The molecule has 0 amide bonds. The van der Waals surface area contributed by atoms with Crippen molar-refractivity contribution in [3.63, 3.8) is 0 Å². The van der Waals surface area contributed by atoms with Gasteiger partial charge in [0.15, 0.2) is 0 Å². The zero-order chi connectivity index (χ0) is 16.2. The fourth-order valence-electron chi connectivity index (χ4n) is 1.50. The van der Waals surface area contributed by atoms with Crippen molar-refractivity contribution in [2.24, 2.45) is 0 Å². The molecule has 0 aromatic carbocycles. The third kappa shape index (κ3) is 4.50. The van der Waals surface area contributed by atoms with Crippen molar-refractivity contribution in [1.82, 2.24) is 0 Å². The first-order valence-electron chi connectivity index (χ1n) is 5.92. The van der Waals surface area contributed by atoms with Crippen LogP contribution in [-0.4, -0.2) is 30.2 Å². The molecule has 0 saturated heterocycles. The average Bonchev–Trinajstić information content (AvgIpc) is 2.95. The maximum atomic E-state index is 10.7. The monoisotopic (exact) mass is 330 g/mol. The quantitative estimate of drug-likeness (QED) is 0.838. The lowest BCUT2D eigenvalue weighted by atomic mass is 10.3. The van der Waals surface area contributed by atoms with Crippen molar-refractivity contribution in [3.8, 4) is 0 Å². The maximum Gasteiger partial charge on any atom is 0.340 e. The maximum absolute atomic E-state index is 10.7. The predicted octanol–water partition coefficient (Wildman–Crippen LogP) is 3.15. The van der Waals surface area contributed by atoms with Crippen molar-refractivity contribution < 1.29 is 28.6 Å². The number of rotatable bonds is 3. The fraction of sp³-hybridized carbons (Fsp3) is 0.231. The second kappa shape index (κ2) is 6.64. The van der Waals surface area contributed by atoms with E-state index >= 15 is 0 Å². The molecule has 0 radical (unpaired) electrons. The van der Waals surface area contributed by atoms with E-state index in [9.17, 15) is 9.59 Å². The number of carboxylic acid groups (broad SMARTS) is 2. The number of carboxylic acids is 2. The van der Waals surface area contributed by atoms with Crippen molar-refractivity contribution in [2.75, 3.05) is 0 Å². The number of hydrogen-bond donors (Lipinski definition) is 2. The number of carbonyl (C=O) groups is 2. The van der Waals surface area contributed by atoms with Crippen LogP contribution in [-0.2, 0) is 0 Å². The van der Waals surface area contributed by atoms with E-state index in [0.717, 1.165) is 0 Å². The summed E-state index contributed by atoms with van der Waals surface area (Å²) in [5.41, 5.74) is 0.311. The van der Waals surface area contributed by atoms with E-state index in [-0.39, 0.29) is 10.8 Å². The largest absolute Gasteiger partial charge is 0.478 e. The van der Waals surface area contributed by atoms with Gasteiger partial charge in [0.05, 0.1) is 23.5 Å². The highest BCUT2D eigenvalue weighted by molar-refractivity contribution is 6.88. The minimum atomic E-state index is -1.64. The molecule has 0 unspecified atom stereocenters. The molecule has 8 heteroatoms. The Hall–Kier alpha value is -1.99. The van der Waals surface area contributed by atoms with Gasteiger partial charge in [-0.1, -0.05) is 19.6 Å². The molecule has 0 aliphatic carbocycles. The molecular weight excluding hydrogens is 316 g/mol. The summed E-state index contributed by atoms with van der Waals surface area (Å²) < 4.78 is 9.68. The Bertz CT molecular complexity index is 637. The molecule has 2 N–H and O–H groups in total. The molecule has 21 heavy (non-hydrogen) atoms. The number of aromatic carboxylic acids is 2. The first-order chi connectivity index (χ1) is 9.64. The van der Waals surface area contributed by atoms with Crippen LogP contribution in [0.4, 0.5) is 0 Å². The first kappa shape index (κ1) is 17.1. The summed E-state index contributed by atoms with van der Waals surface area (Å²) in [5.74, 6) is -1.98. The number of halogens is 1. The molecule has 2 aromatic rings. The summed E-state index contributed by atoms with van der Waals surface area (Å²) in [5, 5.41) is 17.7. The van der Waals surface area contributed by atoms with Gasteiger partial charge in [-0.2, -0.15) is 0 Å².